The van der Waals surface area contributed by atoms with Crippen molar-refractivity contribution < 1.29 is 22.7 Å². The summed E-state index contributed by atoms with van der Waals surface area (Å²) in [4.78, 5) is 17.1. The maximum atomic E-state index is 12.8. The van der Waals surface area contributed by atoms with E-state index in [1.807, 2.05) is 19.1 Å². The van der Waals surface area contributed by atoms with Crippen molar-refractivity contribution in [2.24, 2.45) is 0 Å². The molecule has 33 heavy (non-hydrogen) atoms. The number of anilines is 2. The Labute approximate surface area is 194 Å². The third-order valence-electron chi connectivity index (χ3n) is 4.98. The van der Waals surface area contributed by atoms with E-state index in [9.17, 15) is 13.2 Å². The number of thiazole rings is 1. The van der Waals surface area contributed by atoms with E-state index in [1.54, 1.807) is 47.7 Å². The van der Waals surface area contributed by atoms with E-state index in [1.165, 1.54) is 12.1 Å². The summed E-state index contributed by atoms with van der Waals surface area (Å²) in [7, 11) is -3.84. The number of rotatable bonds is 5. The molecule has 1 aliphatic heterocycles. The average molecular weight is 482 g/mol. The van der Waals surface area contributed by atoms with Crippen molar-refractivity contribution in [1.82, 2.24) is 4.98 Å². The number of carbonyl (C=O) groups excluding carboxylic acids is 1. The second kappa shape index (κ2) is 8.38. The number of amides is 1. The predicted molar refractivity (Wildman–Crippen MR) is 127 cm³/mol. The van der Waals surface area contributed by atoms with E-state index in [-0.39, 0.29) is 10.8 Å². The van der Waals surface area contributed by atoms with Crippen molar-refractivity contribution in [2.45, 2.75) is 11.8 Å². The highest BCUT2D eigenvalue weighted by Gasteiger charge is 2.19. The minimum Gasteiger partial charge on any atom is -0.486 e. The van der Waals surface area contributed by atoms with Crippen LogP contribution in [0, 0.1) is 6.92 Å². The third kappa shape index (κ3) is 4.48. The first-order chi connectivity index (χ1) is 15.9. The van der Waals surface area contributed by atoms with Crippen LogP contribution in [0.15, 0.2) is 65.6 Å². The van der Waals surface area contributed by atoms with E-state index < -0.39 is 10.0 Å². The van der Waals surface area contributed by atoms with Gasteiger partial charge in [-0.25, -0.2) is 13.4 Å². The molecule has 0 spiro atoms. The number of hydrogen-bond donors (Lipinski definition) is 2. The van der Waals surface area contributed by atoms with Crippen molar-refractivity contribution in [3.05, 3.63) is 71.2 Å². The average Bonchev–Trinajstić information content (AvgIpc) is 3.18. The molecule has 1 amide bonds. The molecule has 168 valence electrons. The van der Waals surface area contributed by atoms with E-state index >= 15 is 0 Å². The fourth-order valence-electron chi connectivity index (χ4n) is 3.42. The largest absolute Gasteiger partial charge is 0.486 e. The Morgan fingerprint density at radius 1 is 0.939 bits per heavy atom. The van der Waals surface area contributed by atoms with E-state index in [2.05, 4.69) is 15.0 Å². The number of sulfonamides is 1. The minimum atomic E-state index is -3.84. The molecule has 1 aromatic heterocycles. The summed E-state index contributed by atoms with van der Waals surface area (Å²) in [6, 6.07) is 16.2. The van der Waals surface area contributed by atoms with Gasteiger partial charge in [0.25, 0.3) is 15.9 Å². The van der Waals surface area contributed by atoms with Crippen LogP contribution < -0.4 is 19.5 Å². The van der Waals surface area contributed by atoms with E-state index in [4.69, 9.17) is 9.47 Å². The van der Waals surface area contributed by atoms with Crippen molar-refractivity contribution in [3.63, 3.8) is 0 Å². The number of nitrogens with one attached hydrogen (secondary N) is 2. The predicted octanol–water partition coefficient (Wildman–Crippen LogP) is 4.43. The molecule has 0 aliphatic carbocycles. The van der Waals surface area contributed by atoms with Gasteiger partial charge in [-0.3, -0.25) is 9.52 Å². The van der Waals surface area contributed by atoms with Crippen molar-refractivity contribution in [1.29, 1.82) is 0 Å². The molecular formula is C23H19N3O5S2. The lowest BCUT2D eigenvalue weighted by Gasteiger charge is -2.19. The SMILES string of the molecule is Cc1nc2ccc(NC(=O)c3ccc(NS(=O)(=O)c4ccc5c(c4)OCCO5)cc3)cc2s1. The first-order valence-electron chi connectivity index (χ1n) is 10.1. The molecule has 2 heterocycles. The highest BCUT2D eigenvalue weighted by atomic mass is 32.2. The van der Waals surface area contributed by atoms with Crippen LogP contribution in [0.25, 0.3) is 10.2 Å². The molecule has 1 aliphatic rings. The number of ether oxygens (including phenoxy) is 2. The summed E-state index contributed by atoms with van der Waals surface area (Å²) in [5, 5.41) is 3.82. The van der Waals surface area contributed by atoms with Crippen LogP contribution >= 0.6 is 11.3 Å². The summed E-state index contributed by atoms with van der Waals surface area (Å²) in [6.45, 7) is 2.73. The van der Waals surface area contributed by atoms with Crippen molar-refractivity contribution >= 4 is 48.9 Å². The summed E-state index contributed by atoms with van der Waals surface area (Å²) in [6.07, 6.45) is 0. The lowest BCUT2D eigenvalue weighted by atomic mass is 10.2. The fourth-order valence-corrected chi connectivity index (χ4v) is 5.36. The standard InChI is InChI=1S/C23H19N3O5S2/c1-14-24-19-8-6-17(12-22(19)32-14)25-23(27)15-2-4-16(5-3-15)26-33(28,29)18-7-9-20-21(13-18)31-11-10-30-20/h2-9,12-13,26H,10-11H2,1H3,(H,25,27). The number of hydrogen-bond acceptors (Lipinski definition) is 7. The maximum Gasteiger partial charge on any atom is 0.262 e. The lowest BCUT2D eigenvalue weighted by Crippen LogP contribution is -2.17. The lowest BCUT2D eigenvalue weighted by molar-refractivity contribution is 0.102. The maximum absolute atomic E-state index is 12.8. The summed E-state index contributed by atoms with van der Waals surface area (Å²) >= 11 is 1.56. The molecule has 0 unspecified atom stereocenters. The number of carbonyl (C=O) groups is 1. The van der Waals surface area contributed by atoms with Crippen molar-refractivity contribution in [2.75, 3.05) is 23.3 Å². The van der Waals surface area contributed by atoms with Gasteiger partial charge in [0.15, 0.2) is 11.5 Å². The van der Waals surface area contributed by atoms with Gasteiger partial charge in [-0.2, -0.15) is 0 Å². The zero-order chi connectivity index (χ0) is 23.0. The molecule has 0 radical (unpaired) electrons. The highest BCUT2D eigenvalue weighted by Crippen LogP contribution is 2.33. The molecule has 0 saturated carbocycles. The second-order valence-electron chi connectivity index (χ2n) is 7.36. The smallest absolute Gasteiger partial charge is 0.262 e. The number of nitrogens with zero attached hydrogens (tertiary/aromatic N) is 1. The minimum absolute atomic E-state index is 0.0577. The van der Waals surface area contributed by atoms with Gasteiger partial charge in [0.2, 0.25) is 0 Å². The molecule has 5 rings (SSSR count). The summed E-state index contributed by atoms with van der Waals surface area (Å²) < 4.78 is 39.9. The quantitative estimate of drug-likeness (QED) is 0.437. The first kappa shape index (κ1) is 21.2. The van der Waals surface area contributed by atoms with Gasteiger partial charge in [0, 0.05) is 23.0 Å². The first-order valence-corrected chi connectivity index (χ1v) is 12.4. The van der Waals surface area contributed by atoms with Crippen LogP contribution in [-0.2, 0) is 10.0 Å². The summed E-state index contributed by atoms with van der Waals surface area (Å²) in [5.41, 5.74) is 2.30. The Morgan fingerprint density at radius 2 is 1.67 bits per heavy atom. The second-order valence-corrected chi connectivity index (χ2v) is 10.3. The number of aryl methyl sites for hydroxylation is 1. The Balaban J connectivity index is 1.29. The molecule has 8 nitrogen and oxygen atoms in total. The number of fused-ring (bicyclic) bond motifs is 2. The van der Waals surface area contributed by atoms with Crippen LogP contribution in [0.3, 0.4) is 0 Å². The van der Waals surface area contributed by atoms with Crippen LogP contribution in [-0.4, -0.2) is 32.5 Å². The van der Waals surface area contributed by atoms with Gasteiger partial charge in [-0.15, -0.1) is 11.3 Å². The number of benzene rings is 3. The van der Waals surface area contributed by atoms with Gasteiger partial charge in [0.05, 0.1) is 20.1 Å². The Kier molecular flexibility index (Phi) is 5.39. The third-order valence-corrected chi connectivity index (χ3v) is 7.29. The monoisotopic (exact) mass is 481 g/mol. The van der Waals surface area contributed by atoms with Gasteiger partial charge in [-0.1, -0.05) is 0 Å². The molecule has 0 fully saturated rings. The molecule has 10 heteroatoms. The topological polar surface area (TPSA) is 107 Å². The molecule has 4 aromatic rings. The van der Waals surface area contributed by atoms with Crippen LogP contribution in [0.1, 0.15) is 15.4 Å². The van der Waals surface area contributed by atoms with Gasteiger partial charge >= 0.3 is 0 Å². The van der Waals surface area contributed by atoms with Crippen LogP contribution in [0.4, 0.5) is 11.4 Å². The van der Waals surface area contributed by atoms with Gasteiger partial charge in [-0.05, 0) is 61.5 Å². The fraction of sp³-hybridized carbons (Fsp3) is 0.130. The van der Waals surface area contributed by atoms with Crippen molar-refractivity contribution in [3.8, 4) is 11.5 Å². The molecule has 3 aromatic carbocycles. The van der Waals surface area contributed by atoms with Crippen LogP contribution in [0.5, 0.6) is 11.5 Å². The van der Waals surface area contributed by atoms with Gasteiger partial charge < -0.3 is 14.8 Å². The van der Waals surface area contributed by atoms with E-state index in [0.29, 0.717) is 41.7 Å². The molecule has 0 bridgehead atoms. The Hall–Kier alpha value is -3.63. The zero-order valence-corrected chi connectivity index (χ0v) is 19.1. The zero-order valence-electron chi connectivity index (χ0n) is 17.5. The Morgan fingerprint density at radius 3 is 2.45 bits per heavy atom. The molecule has 0 atom stereocenters. The van der Waals surface area contributed by atoms with E-state index in [0.717, 1.165) is 15.2 Å². The van der Waals surface area contributed by atoms with Crippen LogP contribution in [0.2, 0.25) is 0 Å². The molecule has 0 saturated heterocycles. The molecular weight excluding hydrogens is 462 g/mol. The Bertz CT molecular complexity index is 1460. The summed E-state index contributed by atoms with van der Waals surface area (Å²) in [5.74, 6) is 0.611. The van der Waals surface area contributed by atoms with Gasteiger partial charge in [0.1, 0.15) is 13.2 Å². The highest BCUT2D eigenvalue weighted by molar-refractivity contribution is 7.92. The molecule has 2 N–H and O–H groups in total. The number of aromatic nitrogens is 1. The normalized spacial score (nSPS) is 13.0.